The topological polar surface area (TPSA) is 43.1 Å². The molecule has 0 saturated carbocycles. The number of hydrogen-bond donors (Lipinski definition) is 1. The quantitative estimate of drug-likeness (QED) is 0.499. The molecule has 1 fully saturated rings. The molecule has 0 bridgehead atoms. The van der Waals surface area contributed by atoms with Gasteiger partial charge in [0, 0.05) is 28.3 Å². The average molecular weight is 133 g/mol. The summed E-state index contributed by atoms with van der Waals surface area (Å²) < 4.78 is 10.7. The van der Waals surface area contributed by atoms with Gasteiger partial charge in [-0.25, -0.2) is 0 Å². The highest BCUT2D eigenvalue weighted by molar-refractivity contribution is 7.85. The van der Waals surface area contributed by atoms with Crippen LogP contribution in [-0.4, -0.2) is 21.8 Å². The van der Waals surface area contributed by atoms with Crippen LogP contribution in [0.5, 0.6) is 0 Å². The second-order valence-electron chi connectivity index (χ2n) is 2.21. The maximum atomic E-state index is 10.7. The van der Waals surface area contributed by atoms with Gasteiger partial charge in [-0.05, 0) is 12.8 Å². The van der Waals surface area contributed by atoms with Crippen LogP contribution in [0.15, 0.2) is 0 Å². The molecule has 0 aromatic carbocycles. The lowest BCUT2D eigenvalue weighted by atomic mass is 10.2. The molecular weight excluding hydrogens is 122 g/mol. The van der Waals surface area contributed by atoms with Crippen molar-refractivity contribution in [2.24, 2.45) is 5.73 Å². The molecule has 1 saturated heterocycles. The summed E-state index contributed by atoms with van der Waals surface area (Å²) in [5.74, 6) is 1.59. The van der Waals surface area contributed by atoms with Crippen molar-refractivity contribution in [1.29, 1.82) is 0 Å². The average Bonchev–Trinajstić information content (AvgIpc) is 1.64. The molecule has 2 N–H and O–H groups in total. The molecule has 1 heterocycles. The molecule has 48 valence electrons. The predicted octanol–water partition coefficient (Wildman–Crippen LogP) is -0.144. The van der Waals surface area contributed by atoms with Crippen LogP contribution in [0, 0.1) is 0 Å². The first kappa shape index (κ1) is 6.23. The summed E-state index contributed by atoms with van der Waals surface area (Å²) in [6.07, 6.45) is 2.11. The molecule has 0 spiro atoms. The molecule has 0 amide bonds. The highest BCUT2D eigenvalue weighted by Gasteiger charge is 2.13. The van der Waals surface area contributed by atoms with Gasteiger partial charge in [0.25, 0.3) is 0 Å². The van der Waals surface area contributed by atoms with Gasteiger partial charge in [0.2, 0.25) is 0 Å². The third-order valence-corrected chi connectivity index (χ3v) is 2.89. The summed E-state index contributed by atoms with van der Waals surface area (Å²) in [7, 11) is -0.595. The van der Waals surface area contributed by atoms with Crippen molar-refractivity contribution in [1.82, 2.24) is 0 Å². The van der Waals surface area contributed by atoms with Gasteiger partial charge in [0.15, 0.2) is 0 Å². The van der Waals surface area contributed by atoms with E-state index >= 15 is 0 Å². The highest BCUT2D eigenvalue weighted by atomic mass is 32.2. The summed E-state index contributed by atoms with van der Waals surface area (Å²) in [5.41, 5.74) is 5.53. The monoisotopic (exact) mass is 133 g/mol. The summed E-state index contributed by atoms with van der Waals surface area (Å²) in [6.45, 7) is 0. The third kappa shape index (κ3) is 1.56. The lowest BCUT2D eigenvalue weighted by molar-refractivity contribution is 0.611. The van der Waals surface area contributed by atoms with Crippen molar-refractivity contribution < 1.29 is 4.21 Å². The minimum absolute atomic E-state index is 0.213. The Morgan fingerprint density at radius 3 is 2.75 bits per heavy atom. The Hall–Kier alpha value is 0.110. The van der Waals surface area contributed by atoms with E-state index in [1.807, 2.05) is 0 Å². The van der Waals surface area contributed by atoms with Crippen LogP contribution in [0.3, 0.4) is 0 Å². The van der Waals surface area contributed by atoms with E-state index in [0.29, 0.717) is 0 Å². The summed E-state index contributed by atoms with van der Waals surface area (Å²) in [6, 6.07) is 0.213. The van der Waals surface area contributed by atoms with E-state index in [2.05, 4.69) is 0 Å². The zero-order chi connectivity index (χ0) is 5.98. The maximum absolute atomic E-state index is 10.7. The van der Waals surface area contributed by atoms with E-state index in [9.17, 15) is 4.21 Å². The van der Waals surface area contributed by atoms with E-state index in [1.54, 1.807) is 0 Å². The third-order valence-electron chi connectivity index (χ3n) is 1.35. The van der Waals surface area contributed by atoms with Gasteiger partial charge in [0.1, 0.15) is 0 Å². The van der Waals surface area contributed by atoms with Crippen molar-refractivity contribution in [3.8, 4) is 0 Å². The van der Waals surface area contributed by atoms with Crippen molar-refractivity contribution in [2.75, 3.05) is 11.5 Å². The molecule has 0 aromatic heterocycles. The molecule has 2 nitrogen and oxygen atoms in total. The molecule has 0 aliphatic carbocycles. The Labute approximate surface area is 51.9 Å². The Balaban J connectivity index is 2.34. The molecular formula is C5H11NOS. The summed E-state index contributed by atoms with van der Waals surface area (Å²) >= 11 is 0. The SMILES string of the molecule is N[C@H]1CCCS(=O)C1. The van der Waals surface area contributed by atoms with Crippen LogP contribution in [0.2, 0.25) is 0 Å². The van der Waals surface area contributed by atoms with Gasteiger partial charge >= 0.3 is 0 Å². The van der Waals surface area contributed by atoms with Crippen LogP contribution in [0.25, 0.3) is 0 Å². The lowest BCUT2D eigenvalue weighted by Crippen LogP contribution is -2.32. The summed E-state index contributed by atoms with van der Waals surface area (Å²) in [4.78, 5) is 0. The molecule has 1 aliphatic rings. The summed E-state index contributed by atoms with van der Waals surface area (Å²) in [5, 5.41) is 0. The lowest BCUT2D eigenvalue weighted by Gasteiger charge is -2.15. The molecule has 8 heavy (non-hydrogen) atoms. The van der Waals surface area contributed by atoms with E-state index in [-0.39, 0.29) is 6.04 Å². The first-order chi connectivity index (χ1) is 3.79. The molecule has 0 radical (unpaired) electrons. The zero-order valence-electron chi connectivity index (χ0n) is 4.80. The van der Waals surface area contributed by atoms with Crippen molar-refractivity contribution in [3.63, 3.8) is 0 Å². The van der Waals surface area contributed by atoms with Gasteiger partial charge in [-0.1, -0.05) is 0 Å². The maximum Gasteiger partial charge on any atom is 0.0386 e. The van der Waals surface area contributed by atoms with Crippen LogP contribution in [0.4, 0.5) is 0 Å². The van der Waals surface area contributed by atoms with Crippen LogP contribution >= 0.6 is 0 Å². The Morgan fingerprint density at radius 2 is 2.38 bits per heavy atom. The van der Waals surface area contributed by atoms with Crippen molar-refractivity contribution in [2.45, 2.75) is 18.9 Å². The van der Waals surface area contributed by atoms with Gasteiger partial charge in [-0.2, -0.15) is 0 Å². The molecule has 1 unspecified atom stereocenters. The predicted molar refractivity (Wildman–Crippen MR) is 35.1 cm³/mol. The minimum atomic E-state index is -0.595. The van der Waals surface area contributed by atoms with Crippen LogP contribution < -0.4 is 5.73 Å². The minimum Gasteiger partial charge on any atom is -0.327 e. The van der Waals surface area contributed by atoms with E-state index in [0.717, 1.165) is 24.3 Å². The van der Waals surface area contributed by atoms with Crippen molar-refractivity contribution in [3.05, 3.63) is 0 Å². The van der Waals surface area contributed by atoms with Crippen LogP contribution in [0.1, 0.15) is 12.8 Å². The smallest absolute Gasteiger partial charge is 0.0386 e. The standard InChI is InChI=1S/C5H11NOS/c6-5-2-1-3-8(7)4-5/h5H,1-4,6H2/t5-,8?/m0/s1. The zero-order valence-corrected chi connectivity index (χ0v) is 5.62. The molecule has 1 aliphatic heterocycles. The van der Waals surface area contributed by atoms with Gasteiger partial charge in [-0.15, -0.1) is 0 Å². The Bertz CT molecular complexity index is 105. The fraction of sp³-hybridized carbons (Fsp3) is 1.00. The normalized spacial score (nSPS) is 39.6. The molecule has 2 atom stereocenters. The van der Waals surface area contributed by atoms with Gasteiger partial charge in [0.05, 0.1) is 0 Å². The largest absolute Gasteiger partial charge is 0.327 e. The number of rotatable bonds is 0. The molecule has 1 rings (SSSR count). The second-order valence-corrected chi connectivity index (χ2v) is 3.83. The first-order valence-corrected chi connectivity index (χ1v) is 4.38. The molecule has 0 aromatic rings. The molecule has 3 heteroatoms. The fourth-order valence-electron chi connectivity index (χ4n) is 0.912. The first-order valence-electron chi connectivity index (χ1n) is 2.89. The number of nitrogens with two attached hydrogens (primary N) is 1. The fourth-order valence-corrected chi connectivity index (χ4v) is 2.21. The number of hydrogen-bond acceptors (Lipinski definition) is 2. The highest BCUT2D eigenvalue weighted by Crippen LogP contribution is 2.05. The van der Waals surface area contributed by atoms with E-state index in [4.69, 9.17) is 5.73 Å². The van der Waals surface area contributed by atoms with E-state index < -0.39 is 10.8 Å². The van der Waals surface area contributed by atoms with Crippen LogP contribution in [-0.2, 0) is 10.8 Å². The van der Waals surface area contributed by atoms with Crippen molar-refractivity contribution >= 4 is 10.8 Å². The van der Waals surface area contributed by atoms with E-state index in [1.165, 1.54) is 0 Å². The Kier molecular flexibility index (Phi) is 2.02. The second kappa shape index (κ2) is 2.60. The van der Waals surface area contributed by atoms with Gasteiger partial charge < -0.3 is 5.73 Å². The Morgan fingerprint density at radius 1 is 1.62 bits per heavy atom. The van der Waals surface area contributed by atoms with Gasteiger partial charge in [-0.3, -0.25) is 4.21 Å².